The Morgan fingerprint density at radius 1 is 1.08 bits per heavy atom. The first-order valence-electron chi connectivity index (χ1n) is 10.0. The van der Waals surface area contributed by atoms with Crippen LogP contribution in [0.4, 0.5) is 0 Å². The average molecular weight is 330 g/mol. The fraction of sp³-hybridized carbons (Fsp3) is 0.292. The third-order valence-electron chi connectivity index (χ3n) is 5.06. The van der Waals surface area contributed by atoms with Crippen LogP contribution in [-0.2, 0) is 19.8 Å². The summed E-state index contributed by atoms with van der Waals surface area (Å²) in [6.45, 7) is 6.03. The first-order valence-corrected chi connectivity index (χ1v) is 9.02. The van der Waals surface area contributed by atoms with Crippen molar-refractivity contribution < 1.29 is 7.31 Å². The van der Waals surface area contributed by atoms with Crippen molar-refractivity contribution in [2.24, 2.45) is 13.0 Å². The molecule has 0 atom stereocenters. The highest BCUT2D eigenvalue weighted by atomic mass is 14.9. The molecule has 1 aromatic heterocycles. The fourth-order valence-corrected chi connectivity index (χ4v) is 3.93. The summed E-state index contributed by atoms with van der Waals surface area (Å²) in [5.74, 6) is -0.0788. The van der Waals surface area contributed by atoms with Gasteiger partial charge in [-0.1, -0.05) is 50.2 Å². The molecule has 0 aliphatic heterocycles. The Morgan fingerprint density at radius 2 is 1.88 bits per heavy atom. The maximum Gasteiger partial charge on any atom is 0.213 e. The molecule has 0 radical (unpaired) electrons. The number of rotatable bonds is 3. The molecular formula is C24H26N+. The lowest BCUT2D eigenvalue weighted by Gasteiger charge is -2.12. The molecule has 4 rings (SSSR count). The molecule has 0 fully saturated rings. The first-order chi connectivity index (χ1) is 12.8. The van der Waals surface area contributed by atoms with E-state index in [1.54, 1.807) is 0 Å². The van der Waals surface area contributed by atoms with Gasteiger partial charge < -0.3 is 0 Å². The Bertz CT molecular complexity index is 1030. The molecule has 1 heterocycles. The smallest absolute Gasteiger partial charge is 0.201 e. The zero-order valence-electron chi connectivity index (χ0n) is 17.4. The maximum absolute atomic E-state index is 8.52. The minimum Gasteiger partial charge on any atom is -0.201 e. The number of nitrogens with zero attached hydrogens (tertiary/aromatic N) is 1. The number of aromatic nitrogens is 1. The summed E-state index contributed by atoms with van der Waals surface area (Å²) in [5.41, 5.74) is 9.67. The quantitative estimate of drug-likeness (QED) is 0.451. The Morgan fingerprint density at radius 3 is 2.68 bits per heavy atom. The van der Waals surface area contributed by atoms with Gasteiger partial charge in [0.2, 0.25) is 5.69 Å². The Balaban J connectivity index is 1.94. The third-order valence-corrected chi connectivity index (χ3v) is 5.06. The van der Waals surface area contributed by atoms with E-state index in [9.17, 15) is 0 Å². The molecule has 2 aromatic carbocycles. The Labute approximate surface area is 153 Å². The van der Waals surface area contributed by atoms with Gasteiger partial charge in [0.1, 0.15) is 7.05 Å². The van der Waals surface area contributed by atoms with Crippen molar-refractivity contribution in [2.45, 2.75) is 33.6 Å². The number of pyridine rings is 1. The standard InChI is InChI=1S/C24H26N/c1-16(2)13-18-11-12-25(4)23(14-18)24-17(3)9-10-21-20-8-6-5-7-19(20)15-22(21)24/h5-12,14,16H,13,15H2,1-4H3/q+1/i13D2. The van der Waals surface area contributed by atoms with Crippen LogP contribution in [0.1, 0.15) is 38.8 Å². The zero-order valence-corrected chi connectivity index (χ0v) is 15.4. The molecule has 1 heteroatoms. The average Bonchev–Trinajstić information content (AvgIpc) is 3.00. The zero-order chi connectivity index (χ0) is 19.3. The van der Waals surface area contributed by atoms with Gasteiger partial charge in [-0.3, -0.25) is 0 Å². The van der Waals surface area contributed by atoms with E-state index in [0.717, 1.165) is 17.7 Å². The summed E-state index contributed by atoms with van der Waals surface area (Å²) in [5, 5.41) is 0. The summed E-state index contributed by atoms with van der Waals surface area (Å²) in [7, 11) is 2.05. The molecule has 0 amide bonds. The molecule has 1 aliphatic rings. The highest BCUT2D eigenvalue weighted by Gasteiger charge is 2.26. The highest BCUT2D eigenvalue weighted by Crippen LogP contribution is 2.42. The summed E-state index contributed by atoms with van der Waals surface area (Å²) >= 11 is 0. The monoisotopic (exact) mass is 330 g/mol. The minimum absolute atomic E-state index is 0.0788. The van der Waals surface area contributed by atoms with Crippen molar-refractivity contribution in [2.75, 3.05) is 0 Å². The van der Waals surface area contributed by atoms with Crippen LogP contribution in [0.2, 0.25) is 0 Å². The molecule has 0 spiro atoms. The molecule has 0 saturated carbocycles. The van der Waals surface area contributed by atoms with E-state index in [4.69, 9.17) is 2.74 Å². The van der Waals surface area contributed by atoms with Crippen molar-refractivity contribution >= 4 is 0 Å². The molecule has 3 aromatic rings. The number of fused-ring (bicyclic) bond motifs is 3. The Kier molecular flexibility index (Phi) is 3.40. The van der Waals surface area contributed by atoms with Crippen molar-refractivity contribution in [3.8, 4) is 22.4 Å². The van der Waals surface area contributed by atoms with Crippen LogP contribution in [0.3, 0.4) is 0 Å². The predicted octanol–water partition coefficient (Wildman–Crippen LogP) is 5.26. The molecule has 0 unspecified atom stereocenters. The molecule has 0 bridgehead atoms. The van der Waals surface area contributed by atoms with Crippen LogP contribution in [0.25, 0.3) is 22.4 Å². The lowest BCUT2D eigenvalue weighted by Crippen LogP contribution is -2.31. The van der Waals surface area contributed by atoms with Crippen LogP contribution in [0.15, 0.2) is 54.7 Å². The molecule has 25 heavy (non-hydrogen) atoms. The van der Waals surface area contributed by atoms with Gasteiger partial charge in [-0.2, -0.15) is 0 Å². The van der Waals surface area contributed by atoms with Gasteiger partial charge in [0.05, 0.1) is 5.56 Å². The van der Waals surface area contributed by atoms with Gasteiger partial charge >= 0.3 is 0 Å². The van der Waals surface area contributed by atoms with Gasteiger partial charge in [0.15, 0.2) is 6.20 Å². The van der Waals surface area contributed by atoms with E-state index >= 15 is 0 Å². The van der Waals surface area contributed by atoms with Crippen LogP contribution >= 0.6 is 0 Å². The number of aryl methyl sites for hydroxylation is 2. The van der Waals surface area contributed by atoms with Crippen LogP contribution < -0.4 is 4.57 Å². The fourth-order valence-electron chi connectivity index (χ4n) is 3.93. The lowest BCUT2D eigenvalue weighted by atomic mass is 9.92. The molecular weight excluding hydrogens is 302 g/mol. The second kappa shape index (κ2) is 6.15. The first kappa shape index (κ1) is 13.8. The lowest BCUT2D eigenvalue weighted by molar-refractivity contribution is -0.660. The third kappa shape index (κ3) is 2.78. The predicted molar refractivity (Wildman–Crippen MR) is 105 cm³/mol. The van der Waals surface area contributed by atoms with E-state index < -0.39 is 6.37 Å². The SMILES string of the molecule is [2H]C([2H])(c1cc[n+](C)c(-c2c(C)ccc3c2Cc2ccccc2-3)c1)C(C)C. The summed E-state index contributed by atoms with van der Waals surface area (Å²) in [6, 6.07) is 17.0. The Hall–Kier alpha value is -2.41. The van der Waals surface area contributed by atoms with E-state index in [1.807, 2.05) is 39.2 Å². The van der Waals surface area contributed by atoms with E-state index in [1.165, 1.54) is 33.4 Å². The van der Waals surface area contributed by atoms with E-state index in [2.05, 4.69) is 47.9 Å². The van der Waals surface area contributed by atoms with Crippen LogP contribution in [0.5, 0.6) is 0 Å². The summed E-state index contributed by atoms with van der Waals surface area (Å²) in [6.07, 6.45) is 1.58. The van der Waals surface area contributed by atoms with E-state index in [-0.39, 0.29) is 5.92 Å². The normalized spacial score (nSPS) is 14.1. The van der Waals surface area contributed by atoms with Gasteiger partial charge in [-0.25, -0.2) is 4.57 Å². The molecule has 0 saturated heterocycles. The highest BCUT2D eigenvalue weighted by molar-refractivity contribution is 5.84. The van der Waals surface area contributed by atoms with Crippen LogP contribution in [0, 0.1) is 12.8 Å². The van der Waals surface area contributed by atoms with Crippen LogP contribution in [-0.4, -0.2) is 0 Å². The van der Waals surface area contributed by atoms with Gasteiger partial charge in [0.25, 0.3) is 0 Å². The van der Waals surface area contributed by atoms with Gasteiger partial charge in [-0.15, -0.1) is 0 Å². The molecule has 1 nitrogen and oxygen atoms in total. The second-order valence-electron chi connectivity index (χ2n) is 7.33. The van der Waals surface area contributed by atoms with Crippen molar-refractivity contribution in [3.63, 3.8) is 0 Å². The molecule has 1 aliphatic carbocycles. The van der Waals surface area contributed by atoms with Crippen molar-refractivity contribution in [1.82, 2.24) is 0 Å². The van der Waals surface area contributed by atoms with Crippen molar-refractivity contribution in [1.29, 1.82) is 0 Å². The molecule has 126 valence electrons. The molecule has 0 N–H and O–H groups in total. The maximum atomic E-state index is 8.52. The topological polar surface area (TPSA) is 3.88 Å². The van der Waals surface area contributed by atoms with Gasteiger partial charge in [-0.05, 0) is 59.0 Å². The van der Waals surface area contributed by atoms with E-state index in [0.29, 0.717) is 0 Å². The number of benzene rings is 2. The summed E-state index contributed by atoms with van der Waals surface area (Å²) in [4.78, 5) is 0. The number of hydrogen-bond acceptors (Lipinski definition) is 0. The van der Waals surface area contributed by atoms with Crippen molar-refractivity contribution in [3.05, 3.63) is 77.0 Å². The number of hydrogen-bond donors (Lipinski definition) is 0. The largest absolute Gasteiger partial charge is 0.213 e. The second-order valence-corrected chi connectivity index (χ2v) is 7.33. The minimum atomic E-state index is -1.35. The van der Waals surface area contributed by atoms with Gasteiger partial charge in [0, 0.05) is 14.9 Å². The summed E-state index contributed by atoms with van der Waals surface area (Å²) < 4.78 is 19.2.